The van der Waals surface area contributed by atoms with Crippen LogP contribution in [0.4, 0.5) is 0 Å². The van der Waals surface area contributed by atoms with Gasteiger partial charge in [0, 0.05) is 24.9 Å². The molecule has 3 rings (SSSR count). The van der Waals surface area contributed by atoms with Gasteiger partial charge in [0.15, 0.2) is 0 Å². The number of benzene rings is 1. The summed E-state index contributed by atoms with van der Waals surface area (Å²) in [4.78, 5) is 24.0. The fourth-order valence-corrected chi connectivity index (χ4v) is 3.31. The van der Waals surface area contributed by atoms with Crippen molar-refractivity contribution in [3.63, 3.8) is 0 Å². The maximum Gasteiger partial charge on any atom is 0.338 e. The topological polar surface area (TPSA) is 64.6 Å². The molecule has 4 atom stereocenters. The predicted molar refractivity (Wildman–Crippen MR) is 84.9 cm³/mol. The van der Waals surface area contributed by atoms with Gasteiger partial charge in [-0.05, 0) is 18.6 Å². The Labute approximate surface area is 136 Å². The van der Waals surface area contributed by atoms with E-state index in [0.29, 0.717) is 12.0 Å². The maximum absolute atomic E-state index is 12.2. The van der Waals surface area contributed by atoms with Crippen LogP contribution < -0.4 is 5.32 Å². The third kappa shape index (κ3) is 3.72. The first-order chi connectivity index (χ1) is 11.0. The fraction of sp³-hybridized carbons (Fsp3) is 0.556. The highest BCUT2D eigenvalue weighted by Crippen LogP contribution is 2.31. The molecule has 0 spiro atoms. The normalized spacial score (nSPS) is 29.3. The number of carbonyl (C=O) groups excluding carboxylic acids is 2. The Balaban J connectivity index is 1.58. The lowest BCUT2D eigenvalue weighted by molar-refractivity contribution is -0.154. The van der Waals surface area contributed by atoms with Gasteiger partial charge in [0.25, 0.3) is 0 Å². The second-order valence-corrected chi connectivity index (χ2v) is 6.70. The number of fused-ring (bicyclic) bond motifs is 2. The van der Waals surface area contributed by atoms with Gasteiger partial charge in [0.05, 0.1) is 11.5 Å². The average molecular weight is 317 g/mol. The van der Waals surface area contributed by atoms with Crippen molar-refractivity contribution in [2.45, 2.75) is 57.4 Å². The summed E-state index contributed by atoms with van der Waals surface area (Å²) in [5.41, 5.74) is 0.566. The number of rotatable bonds is 4. The van der Waals surface area contributed by atoms with Crippen LogP contribution >= 0.6 is 0 Å². The van der Waals surface area contributed by atoms with E-state index in [4.69, 9.17) is 9.47 Å². The molecule has 5 heteroatoms. The van der Waals surface area contributed by atoms with E-state index in [9.17, 15) is 9.59 Å². The van der Waals surface area contributed by atoms with Gasteiger partial charge in [-0.1, -0.05) is 32.0 Å². The molecule has 0 aliphatic carbocycles. The minimum absolute atomic E-state index is 0.0615. The minimum atomic E-state index is -0.291. The smallest absolute Gasteiger partial charge is 0.338 e. The van der Waals surface area contributed by atoms with Crippen LogP contribution in [-0.2, 0) is 14.3 Å². The first kappa shape index (κ1) is 16.0. The van der Waals surface area contributed by atoms with E-state index in [1.807, 2.05) is 32.0 Å². The van der Waals surface area contributed by atoms with Gasteiger partial charge < -0.3 is 14.8 Å². The van der Waals surface area contributed by atoms with Crippen LogP contribution in [0.2, 0.25) is 0 Å². The molecule has 2 saturated heterocycles. The van der Waals surface area contributed by atoms with Crippen molar-refractivity contribution < 1.29 is 19.1 Å². The van der Waals surface area contributed by atoms with E-state index in [-0.39, 0.29) is 42.1 Å². The third-order valence-electron chi connectivity index (χ3n) is 4.50. The average Bonchev–Trinajstić information content (AvgIpc) is 2.81. The Hall–Kier alpha value is -1.88. The lowest BCUT2D eigenvalue weighted by Crippen LogP contribution is -2.45. The molecular weight excluding hydrogens is 294 g/mol. The molecule has 0 saturated carbocycles. The Bertz CT molecular complexity index is 572. The number of ether oxygens (including phenoxy) is 2. The van der Waals surface area contributed by atoms with Crippen molar-refractivity contribution >= 4 is 11.9 Å². The van der Waals surface area contributed by atoms with Crippen LogP contribution in [0.1, 0.15) is 43.5 Å². The minimum Gasteiger partial charge on any atom is -0.462 e. The molecule has 1 N–H and O–H groups in total. The summed E-state index contributed by atoms with van der Waals surface area (Å²) in [6.45, 7) is 3.67. The zero-order valence-corrected chi connectivity index (χ0v) is 13.5. The first-order valence-electron chi connectivity index (χ1n) is 8.25. The molecule has 1 aromatic rings. The van der Waals surface area contributed by atoms with Crippen molar-refractivity contribution in [1.82, 2.24) is 5.32 Å². The molecule has 2 bridgehead atoms. The van der Waals surface area contributed by atoms with Crippen LogP contribution in [0.3, 0.4) is 0 Å². The Morgan fingerprint density at radius 1 is 1.09 bits per heavy atom. The monoisotopic (exact) mass is 317 g/mol. The van der Waals surface area contributed by atoms with E-state index < -0.39 is 0 Å². The summed E-state index contributed by atoms with van der Waals surface area (Å²) in [5, 5.41) is 3.46. The molecule has 2 fully saturated rings. The number of hydrogen-bond acceptors (Lipinski definition) is 5. The van der Waals surface area contributed by atoms with E-state index in [1.54, 1.807) is 12.1 Å². The quantitative estimate of drug-likeness (QED) is 0.863. The zero-order valence-electron chi connectivity index (χ0n) is 13.5. The van der Waals surface area contributed by atoms with Gasteiger partial charge in [-0.15, -0.1) is 0 Å². The predicted octanol–water partition coefficient (Wildman–Crippen LogP) is 2.30. The highest BCUT2D eigenvalue weighted by atomic mass is 16.6. The third-order valence-corrected chi connectivity index (χ3v) is 4.50. The van der Waals surface area contributed by atoms with Gasteiger partial charge in [-0.3, -0.25) is 4.79 Å². The fourth-order valence-electron chi connectivity index (χ4n) is 3.31. The van der Waals surface area contributed by atoms with Crippen molar-refractivity contribution in [3.05, 3.63) is 35.9 Å². The van der Waals surface area contributed by atoms with Gasteiger partial charge in [-0.2, -0.15) is 0 Å². The van der Waals surface area contributed by atoms with E-state index in [2.05, 4.69) is 5.32 Å². The van der Waals surface area contributed by atoms with Gasteiger partial charge in [-0.25, -0.2) is 4.79 Å². The molecular formula is C18H23NO4. The lowest BCUT2D eigenvalue weighted by atomic mass is 10.0. The van der Waals surface area contributed by atoms with Crippen LogP contribution in [0.25, 0.3) is 0 Å². The number of esters is 2. The number of carbonyl (C=O) groups is 2. The summed E-state index contributed by atoms with van der Waals surface area (Å²) in [5.74, 6) is -0.566. The standard InChI is InChI=1S/C18H23NO4/c1-11(2)17(20)22-14-8-13-9-16(15(10-14)19-13)23-18(21)12-6-4-3-5-7-12/h3-7,11,13-16,19H,8-10H2,1-2H3. The first-order valence-corrected chi connectivity index (χ1v) is 8.25. The van der Waals surface area contributed by atoms with Crippen molar-refractivity contribution in [3.8, 4) is 0 Å². The van der Waals surface area contributed by atoms with Crippen molar-refractivity contribution in [1.29, 1.82) is 0 Å². The molecule has 2 heterocycles. The number of nitrogens with one attached hydrogen (secondary N) is 1. The highest BCUT2D eigenvalue weighted by Gasteiger charge is 2.43. The van der Waals surface area contributed by atoms with Gasteiger partial charge in [0.1, 0.15) is 12.2 Å². The summed E-state index contributed by atoms with van der Waals surface area (Å²) >= 11 is 0. The Kier molecular flexibility index (Phi) is 4.66. The van der Waals surface area contributed by atoms with Gasteiger partial charge >= 0.3 is 11.9 Å². The molecule has 0 amide bonds. The second kappa shape index (κ2) is 6.71. The lowest BCUT2D eigenvalue weighted by Gasteiger charge is -2.30. The molecule has 5 nitrogen and oxygen atoms in total. The van der Waals surface area contributed by atoms with Crippen molar-refractivity contribution in [2.24, 2.45) is 5.92 Å². The number of piperidine rings is 1. The van der Waals surface area contributed by atoms with Crippen LogP contribution in [-0.4, -0.2) is 36.2 Å². The largest absolute Gasteiger partial charge is 0.462 e. The molecule has 23 heavy (non-hydrogen) atoms. The SMILES string of the molecule is CC(C)C(=O)OC1CC2CC(OC(=O)c3ccccc3)C(C1)N2. The van der Waals surface area contributed by atoms with Crippen molar-refractivity contribution in [2.75, 3.05) is 0 Å². The van der Waals surface area contributed by atoms with Crippen LogP contribution in [0.5, 0.6) is 0 Å². The maximum atomic E-state index is 12.2. The van der Waals surface area contributed by atoms with E-state index in [0.717, 1.165) is 12.8 Å². The molecule has 4 unspecified atom stereocenters. The molecule has 2 aliphatic heterocycles. The van der Waals surface area contributed by atoms with E-state index in [1.165, 1.54) is 0 Å². The summed E-state index contributed by atoms with van der Waals surface area (Å²) in [6, 6.07) is 9.33. The van der Waals surface area contributed by atoms with Crippen LogP contribution in [0.15, 0.2) is 30.3 Å². The molecule has 0 aromatic heterocycles. The summed E-state index contributed by atoms with van der Waals surface area (Å²) in [7, 11) is 0. The second-order valence-electron chi connectivity index (χ2n) is 6.70. The van der Waals surface area contributed by atoms with E-state index >= 15 is 0 Å². The number of hydrogen-bond donors (Lipinski definition) is 1. The molecule has 124 valence electrons. The van der Waals surface area contributed by atoms with Crippen LogP contribution in [0, 0.1) is 5.92 Å². The van der Waals surface area contributed by atoms with Gasteiger partial charge in [0.2, 0.25) is 0 Å². The zero-order chi connectivity index (χ0) is 16.4. The highest BCUT2D eigenvalue weighted by molar-refractivity contribution is 5.89. The molecule has 0 radical (unpaired) electrons. The summed E-state index contributed by atoms with van der Waals surface area (Å²) in [6.07, 6.45) is 2.02. The summed E-state index contributed by atoms with van der Waals surface area (Å²) < 4.78 is 11.2. The molecule has 2 aliphatic rings. The Morgan fingerprint density at radius 2 is 1.83 bits per heavy atom. The Morgan fingerprint density at radius 3 is 2.52 bits per heavy atom. The molecule has 1 aromatic carbocycles.